The van der Waals surface area contributed by atoms with Gasteiger partial charge in [-0.15, -0.1) is 0 Å². The molecule has 0 bridgehead atoms. The molecule has 9 heteroatoms. The van der Waals surface area contributed by atoms with Gasteiger partial charge < -0.3 is 14.6 Å². The van der Waals surface area contributed by atoms with Gasteiger partial charge in [-0.2, -0.15) is 0 Å². The maximum absolute atomic E-state index is 14.6. The van der Waals surface area contributed by atoms with Crippen molar-refractivity contribution in [2.75, 3.05) is 19.1 Å². The van der Waals surface area contributed by atoms with Gasteiger partial charge in [0, 0.05) is 28.2 Å². The number of carbonyl (C=O) groups is 4. The molecule has 1 fully saturated rings. The molecule has 1 saturated heterocycles. The highest BCUT2D eigenvalue weighted by Gasteiger charge is 2.56. The van der Waals surface area contributed by atoms with Gasteiger partial charge in [0.2, 0.25) is 11.8 Å². The van der Waals surface area contributed by atoms with Crippen molar-refractivity contribution in [1.29, 1.82) is 0 Å². The Morgan fingerprint density at radius 3 is 2.38 bits per heavy atom. The summed E-state index contributed by atoms with van der Waals surface area (Å²) >= 11 is 0. The Bertz CT molecular complexity index is 2040. The minimum atomic E-state index is -0.855. The summed E-state index contributed by atoms with van der Waals surface area (Å²) in [6, 6.07) is 16.5. The van der Waals surface area contributed by atoms with Crippen molar-refractivity contribution in [1.82, 2.24) is 0 Å². The number of Topliss-reactive ketones (excluding diaryl/α,β-unsaturated/α-hetero) is 1. The zero-order valence-electron chi connectivity index (χ0n) is 26.5. The number of hydrogen-bond acceptors (Lipinski definition) is 7. The SMILES string of the molecule is COc1ccc(OC)c(C=Cc2ccc(N3C(=O)[C@H]4[C@H](CC=C5[C@H](c6ccc(O)c(F)c6)C6=C(C[C@H]54)C(=O)C(C)=CC6=O)C3=O)cc2)c1. The average Bonchev–Trinajstić information content (AvgIpc) is 3.35. The number of benzene rings is 3. The predicted molar refractivity (Wildman–Crippen MR) is 177 cm³/mol. The third-order valence-corrected chi connectivity index (χ3v) is 9.91. The highest BCUT2D eigenvalue weighted by atomic mass is 19.1. The van der Waals surface area contributed by atoms with Crippen molar-refractivity contribution in [3.05, 3.63) is 118 Å². The van der Waals surface area contributed by atoms with E-state index >= 15 is 0 Å². The number of allylic oxidation sites excluding steroid dienone is 6. The molecular weight excluding hydrogens is 613 g/mol. The van der Waals surface area contributed by atoms with Gasteiger partial charge in [0.1, 0.15) is 11.5 Å². The lowest BCUT2D eigenvalue weighted by molar-refractivity contribution is -0.123. The van der Waals surface area contributed by atoms with Crippen molar-refractivity contribution < 1.29 is 38.1 Å². The van der Waals surface area contributed by atoms with E-state index in [1.54, 1.807) is 33.3 Å². The number of methoxy groups -OCH3 is 2. The first kappa shape index (κ1) is 31.1. The van der Waals surface area contributed by atoms with E-state index in [9.17, 15) is 28.7 Å². The normalized spacial score (nSPS) is 23.5. The molecule has 4 atom stereocenters. The summed E-state index contributed by atoms with van der Waals surface area (Å²) < 4.78 is 25.4. The monoisotopic (exact) mass is 645 g/mol. The highest BCUT2D eigenvalue weighted by molar-refractivity contribution is 6.25. The summed E-state index contributed by atoms with van der Waals surface area (Å²) in [4.78, 5) is 56.1. The predicted octanol–water partition coefficient (Wildman–Crippen LogP) is 6.35. The molecule has 0 radical (unpaired) electrons. The number of rotatable bonds is 6. The van der Waals surface area contributed by atoms with Crippen LogP contribution in [-0.4, -0.2) is 42.7 Å². The second kappa shape index (κ2) is 11.9. The Morgan fingerprint density at radius 2 is 1.67 bits per heavy atom. The highest BCUT2D eigenvalue weighted by Crippen LogP contribution is 2.55. The lowest BCUT2D eigenvalue weighted by Gasteiger charge is -2.42. The topological polar surface area (TPSA) is 110 Å². The Morgan fingerprint density at radius 1 is 0.896 bits per heavy atom. The molecule has 0 spiro atoms. The molecule has 3 aromatic carbocycles. The smallest absolute Gasteiger partial charge is 0.238 e. The molecular formula is C39H32FNO7. The van der Waals surface area contributed by atoms with E-state index in [1.807, 2.05) is 48.6 Å². The second-order valence-corrected chi connectivity index (χ2v) is 12.5. The van der Waals surface area contributed by atoms with E-state index in [4.69, 9.17) is 9.47 Å². The summed E-state index contributed by atoms with van der Waals surface area (Å²) in [7, 11) is 3.18. The van der Waals surface area contributed by atoms with Crippen LogP contribution in [0.5, 0.6) is 17.2 Å². The van der Waals surface area contributed by atoms with Gasteiger partial charge in [0.05, 0.1) is 31.7 Å². The first-order valence-corrected chi connectivity index (χ1v) is 15.7. The molecule has 242 valence electrons. The van der Waals surface area contributed by atoms with Gasteiger partial charge in [-0.25, -0.2) is 4.39 Å². The molecule has 7 rings (SSSR count). The van der Waals surface area contributed by atoms with Crippen LogP contribution in [0.25, 0.3) is 12.2 Å². The van der Waals surface area contributed by atoms with Gasteiger partial charge in [0.15, 0.2) is 23.1 Å². The Kier molecular flexibility index (Phi) is 7.70. The van der Waals surface area contributed by atoms with Crippen molar-refractivity contribution in [3.63, 3.8) is 0 Å². The third-order valence-electron chi connectivity index (χ3n) is 9.91. The molecule has 1 aliphatic heterocycles. The summed E-state index contributed by atoms with van der Waals surface area (Å²) in [6.45, 7) is 1.58. The Labute approximate surface area is 276 Å². The maximum Gasteiger partial charge on any atom is 0.238 e. The molecule has 3 aromatic rings. The van der Waals surface area contributed by atoms with E-state index < -0.39 is 35.2 Å². The van der Waals surface area contributed by atoms with Gasteiger partial charge in [-0.05, 0) is 85.4 Å². The largest absolute Gasteiger partial charge is 0.505 e. The fourth-order valence-corrected chi connectivity index (χ4v) is 7.61. The van der Waals surface area contributed by atoms with E-state index in [0.29, 0.717) is 39.5 Å². The van der Waals surface area contributed by atoms with Crippen molar-refractivity contribution in [3.8, 4) is 17.2 Å². The van der Waals surface area contributed by atoms with Gasteiger partial charge in [-0.3, -0.25) is 24.1 Å². The lowest BCUT2D eigenvalue weighted by Crippen LogP contribution is -2.39. The summed E-state index contributed by atoms with van der Waals surface area (Å²) in [6.07, 6.45) is 7.35. The number of halogens is 1. The van der Waals surface area contributed by atoms with Gasteiger partial charge in [-0.1, -0.05) is 42.0 Å². The average molecular weight is 646 g/mol. The number of carbonyl (C=O) groups excluding carboxylic acids is 4. The minimum Gasteiger partial charge on any atom is -0.505 e. The van der Waals surface area contributed by atoms with Crippen LogP contribution in [0.1, 0.15) is 42.4 Å². The molecule has 0 unspecified atom stereocenters. The zero-order chi connectivity index (χ0) is 33.9. The van der Waals surface area contributed by atoms with Crippen LogP contribution < -0.4 is 14.4 Å². The Balaban J connectivity index is 1.21. The number of hydrogen-bond donors (Lipinski definition) is 1. The number of anilines is 1. The van der Waals surface area contributed by atoms with Crippen LogP contribution in [0, 0.1) is 23.6 Å². The molecule has 3 aliphatic carbocycles. The molecule has 2 amide bonds. The van der Waals surface area contributed by atoms with E-state index in [2.05, 4.69) is 0 Å². The quantitative estimate of drug-likeness (QED) is 0.144. The first-order valence-electron chi connectivity index (χ1n) is 15.7. The first-order chi connectivity index (χ1) is 23.1. The standard InChI is InChI=1S/C39H32FNO7/c1-20-16-32(43)36-29(37(20)44)19-28-26(34(36)23-8-14-31(42)30(40)18-23)12-13-27-35(28)39(46)41(38(27)45)24-9-5-21(6-10-24)4-7-22-17-25(47-2)11-15-33(22)48-3/h4-12,14-18,27-28,34-35,42H,13,19H2,1-3H3/t27-,28+,34-,35-/m0/s1. The number of phenols is 1. The number of imide groups is 1. The lowest BCUT2D eigenvalue weighted by atomic mass is 9.59. The summed E-state index contributed by atoms with van der Waals surface area (Å²) in [5.41, 5.74) is 4.06. The second-order valence-electron chi connectivity index (χ2n) is 12.5. The van der Waals surface area contributed by atoms with Crippen LogP contribution in [0.2, 0.25) is 0 Å². The van der Waals surface area contributed by atoms with Gasteiger partial charge in [0.25, 0.3) is 0 Å². The van der Waals surface area contributed by atoms with E-state index in [0.717, 1.165) is 17.2 Å². The maximum atomic E-state index is 14.6. The number of ketones is 2. The van der Waals surface area contributed by atoms with Crippen molar-refractivity contribution in [2.24, 2.45) is 17.8 Å². The molecule has 0 saturated carbocycles. The van der Waals surface area contributed by atoms with Crippen LogP contribution in [-0.2, 0) is 19.2 Å². The number of amides is 2. The molecule has 8 nitrogen and oxygen atoms in total. The fraction of sp³-hybridized carbons (Fsp3) is 0.231. The molecule has 48 heavy (non-hydrogen) atoms. The van der Waals surface area contributed by atoms with E-state index in [-0.39, 0.29) is 41.8 Å². The number of fused-ring (bicyclic) bond motifs is 3. The summed E-state index contributed by atoms with van der Waals surface area (Å²) in [5, 5.41) is 9.87. The van der Waals surface area contributed by atoms with Crippen molar-refractivity contribution in [2.45, 2.75) is 25.7 Å². The number of ether oxygens (including phenoxy) is 2. The zero-order valence-corrected chi connectivity index (χ0v) is 26.5. The summed E-state index contributed by atoms with van der Waals surface area (Å²) in [5.74, 6) is -4.08. The van der Waals surface area contributed by atoms with Crippen LogP contribution in [0.3, 0.4) is 0 Å². The van der Waals surface area contributed by atoms with Crippen LogP contribution in [0.15, 0.2) is 95.1 Å². The van der Waals surface area contributed by atoms with Crippen molar-refractivity contribution >= 4 is 41.2 Å². The fourth-order valence-electron chi connectivity index (χ4n) is 7.61. The van der Waals surface area contributed by atoms with Crippen LogP contribution >= 0.6 is 0 Å². The minimum absolute atomic E-state index is 0.124. The van der Waals surface area contributed by atoms with Gasteiger partial charge >= 0.3 is 0 Å². The van der Waals surface area contributed by atoms with Crippen LogP contribution in [0.4, 0.5) is 10.1 Å². The number of phenolic OH excluding ortho intramolecular Hbond substituents is 1. The molecule has 1 heterocycles. The third kappa shape index (κ3) is 4.97. The molecule has 0 aromatic heterocycles. The molecule has 4 aliphatic rings. The number of nitrogens with zero attached hydrogens (tertiary/aromatic N) is 1. The Hall–Kier alpha value is -5.57. The molecule has 1 N–H and O–H groups in total. The number of aromatic hydroxyl groups is 1. The van der Waals surface area contributed by atoms with E-state index in [1.165, 1.54) is 23.1 Å².